The van der Waals surface area contributed by atoms with Crippen molar-refractivity contribution in [3.05, 3.63) is 29.1 Å². The van der Waals surface area contributed by atoms with Gasteiger partial charge in [0.1, 0.15) is 10.6 Å². The Labute approximate surface area is 108 Å². The van der Waals surface area contributed by atoms with E-state index in [0.29, 0.717) is 10.8 Å². The number of thiazole rings is 1. The van der Waals surface area contributed by atoms with Crippen molar-refractivity contribution in [2.24, 2.45) is 0 Å². The molecule has 6 heteroatoms. The number of nitrogens with zero attached hydrogens (tertiary/aromatic N) is 1. The van der Waals surface area contributed by atoms with E-state index in [4.69, 9.17) is 9.84 Å². The minimum absolute atomic E-state index is 0.226. The quantitative estimate of drug-likeness (QED) is 0.888. The molecule has 0 unspecified atom stereocenters. The van der Waals surface area contributed by atoms with Crippen LogP contribution in [0.3, 0.4) is 0 Å². The highest BCUT2D eigenvalue weighted by Gasteiger charge is 2.18. The maximum atomic E-state index is 11.2. The van der Waals surface area contributed by atoms with Crippen LogP contribution in [0.5, 0.6) is 5.75 Å². The molecule has 0 aliphatic carbocycles. The summed E-state index contributed by atoms with van der Waals surface area (Å²) >= 11 is 1.12. The van der Waals surface area contributed by atoms with Crippen molar-refractivity contribution in [2.45, 2.75) is 0 Å². The molecule has 0 atom stereocenters. The summed E-state index contributed by atoms with van der Waals surface area (Å²) in [5.74, 6) is -0.250. The first kappa shape index (κ1) is 12.4. The number of carbonyl (C=O) groups is 1. The number of carboxylic acid groups (broad SMARTS) is 1. The van der Waals surface area contributed by atoms with Gasteiger partial charge < -0.3 is 15.2 Å². The molecule has 1 aromatic heterocycles. The average molecular weight is 264 g/mol. The van der Waals surface area contributed by atoms with Crippen LogP contribution in [-0.2, 0) is 0 Å². The lowest BCUT2D eigenvalue weighted by atomic mass is 10.1. The fraction of sp³-hybridized carbons (Fsp3) is 0.167. The molecule has 0 aliphatic rings. The number of hydrogen-bond acceptors (Lipinski definition) is 5. The van der Waals surface area contributed by atoms with Crippen LogP contribution in [-0.4, -0.2) is 30.2 Å². The standard InChI is InChI=1S/C12H12N2O3S/c1-13-12-14-9(10(18-12)11(15)16)7-3-5-8(17-2)6-4-7/h3-6H,1-2H3,(H,13,14)(H,15,16). The topological polar surface area (TPSA) is 71.5 Å². The third kappa shape index (κ3) is 2.28. The molecule has 0 saturated heterocycles. The number of hydrogen-bond donors (Lipinski definition) is 2. The highest BCUT2D eigenvalue weighted by atomic mass is 32.1. The molecule has 18 heavy (non-hydrogen) atoms. The number of carboxylic acids is 1. The van der Waals surface area contributed by atoms with Gasteiger partial charge in [-0.2, -0.15) is 0 Å². The summed E-state index contributed by atoms with van der Waals surface area (Å²) in [4.78, 5) is 15.7. The first-order valence-corrected chi connectivity index (χ1v) is 6.03. The first-order valence-electron chi connectivity index (χ1n) is 5.22. The molecule has 1 aromatic carbocycles. The zero-order valence-electron chi connectivity index (χ0n) is 9.93. The summed E-state index contributed by atoms with van der Waals surface area (Å²) in [6, 6.07) is 7.14. The second-order valence-electron chi connectivity index (χ2n) is 3.48. The van der Waals surface area contributed by atoms with E-state index in [-0.39, 0.29) is 4.88 Å². The fourth-order valence-electron chi connectivity index (χ4n) is 1.52. The Hall–Kier alpha value is -2.08. The van der Waals surface area contributed by atoms with E-state index in [1.165, 1.54) is 0 Å². The number of nitrogens with one attached hydrogen (secondary N) is 1. The van der Waals surface area contributed by atoms with E-state index < -0.39 is 5.97 Å². The second kappa shape index (κ2) is 5.05. The Bertz CT molecular complexity index is 563. The number of aromatic carboxylic acids is 1. The van der Waals surface area contributed by atoms with E-state index in [1.54, 1.807) is 38.4 Å². The smallest absolute Gasteiger partial charge is 0.348 e. The summed E-state index contributed by atoms with van der Waals surface area (Å²) in [6.07, 6.45) is 0. The van der Waals surface area contributed by atoms with Gasteiger partial charge in [-0.25, -0.2) is 9.78 Å². The molecule has 2 rings (SSSR count). The molecule has 0 spiro atoms. The molecular weight excluding hydrogens is 252 g/mol. The van der Waals surface area contributed by atoms with Gasteiger partial charge in [0, 0.05) is 12.6 Å². The molecule has 2 N–H and O–H groups in total. The number of methoxy groups -OCH3 is 1. The van der Waals surface area contributed by atoms with Crippen LogP contribution in [0, 0.1) is 0 Å². The van der Waals surface area contributed by atoms with Crippen molar-refractivity contribution in [1.82, 2.24) is 4.98 Å². The van der Waals surface area contributed by atoms with Crippen molar-refractivity contribution in [1.29, 1.82) is 0 Å². The van der Waals surface area contributed by atoms with Crippen LogP contribution < -0.4 is 10.1 Å². The summed E-state index contributed by atoms with van der Waals surface area (Å²) < 4.78 is 5.06. The van der Waals surface area contributed by atoms with Crippen LogP contribution in [0.1, 0.15) is 9.67 Å². The minimum Gasteiger partial charge on any atom is -0.497 e. The molecule has 0 saturated carbocycles. The molecule has 1 heterocycles. The van der Waals surface area contributed by atoms with Crippen LogP contribution in [0.2, 0.25) is 0 Å². The Balaban J connectivity index is 2.47. The highest BCUT2D eigenvalue weighted by Crippen LogP contribution is 2.31. The van der Waals surface area contributed by atoms with Gasteiger partial charge in [-0.05, 0) is 24.3 Å². The summed E-state index contributed by atoms with van der Waals surface area (Å²) in [5.41, 5.74) is 1.23. The lowest BCUT2D eigenvalue weighted by molar-refractivity contribution is 0.0702. The molecule has 2 aromatic rings. The second-order valence-corrected chi connectivity index (χ2v) is 4.48. The van der Waals surface area contributed by atoms with Crippen molar-refractivity contribution < 1.29 is 14.6 Å². The molecule has 0 fully saturated rings. The molecule has 0 amide bonds. The average Bonchev–Trinajstić information content (AvgIpc) is 2.83. The highest BCUT2D eigenvalue weighted by molar-refractivity contribution is 7.17. The van der Waals surface area contributed by atoms with Gasteiger partial charge in [-0.1, -0.05) is 11.3 Å². The molecule has 0 aliphatic heterocycles. The minimum atomic E-state index is -0.972. The van der Waals surface area contributed by atoms with Gasteiger partial charge in [0.2, 0.25) is 0 Å². The zero-order chi connectivity index (χ0) is 13.1. The van der Waals surface area contributed by atoms with E-state index in [9.17, 15) is 4.79 Å². The van der Waals surface area contributed by atoms with Gasteiger partial charge in [-0.15, -0.1) is 0 Å². The lowest BCUT2D eigenvalue weighted by Crippen LogP contribution is -1.95. The van der Waals surface area contributed by atoms with Gasteiger partial charge >= 0.3 is 5.97 Å². The lowest BCUT2D eigenvalue weighted by Gasteiger charge is -2.01. The first-order chi connectivity index (χ1) is 8.65. The monoisotopic (exact) mass is 264 g/mol. The number of aromatic nitrogens is 1. The van der Waals surface area contributed by atoms with Crippen LogP contribution in [0.15, 0.2) is 24.3 Å². The Morgan fingerprint density at radius 3 is 2.56 bits per heavy atom. The summed E-state index contributed by atoms with van der Waals surface area (Å²) in [6.45, 7) is 0. The Kier molecular flexibility index (Phi) is 3.47. The van der Waals surface area contributed by atoms with Crippen LogP contribution in [0.25, 0.3) is 11.3 Å². The zero-order valence-corrected chi connectivity index (χ0v) is 10.7. The SMILES string of the molecule is CNc1nc(-c2ccc(OC)cc2)c(C(=O)O)s1. The molecular formula is C12H12N2O3S. The molecule has 94 valence electrons. The van der Waals surface area contributed by atoms with Crippen molar-refractivity contribution >= 4 is 22.4 Å². The number of ether oxygens (including phenoxy) is 1. The molecule has 0 bridgehead atoms. The van der Waals surface area contributed by atoms with E-state index in [1.807, 2.05) is 0 Å². The molecule has 0 radical (unpaired) electrons. The predicted molar refractivity (Wildman–Crippen MR) is 70.6 cm³/mol. The number of rotatable bonds is 4. The van der Waals surface area contributed by atoms with E-state index in [2.05, 4.69) is 10.3 Å². The fourth-order valence-corrected chi connectivity index (χ4v) is 2.30. The van der Waals surface area contributed by atoms with Gasteiger partial charge in [-0.3, -0.25) is 0 Å². The number of anilines is 1. The van der Waals surface area contributed by atoms with Crippen molar-refractivity contribution in [3.63, 3.8) is 0 Å². The van der Waals surface area contributed by atoms with Gasteiger partial charge in [0.25, 0.3) is 0 Å². The third-order valence-electron chi connectivity index (χ3n) is 2.40. The maximum absolute atomic E-state index is 11.2. The number of benzene rings is 1. The normalized spacial score (nSPS) is 10.1. The van der Waals surface area contributed by atoms with Gasteiger partial charge in [0.15, 0.2) is 5.13 Å². The van der Waals surface area contributed by atoms with Crippen LogP contribution in [0.4, 0.5) is 5.13 Å². The Morgan fingerprint density at radius 2 is 2.06 bits per heavy atom. The largest absolute Gasteiger partial charge is 0.497 e. The summed E-state index contributed by atoms with van der Waals surface area (Å²) in [5, 5.41) is 12.6. The van der Waals surface area contributed by atoms with E-state index >= 15 is 0 Å². The van der Waals surface area contributed by atoms with Crippen LogP contribution >= 0.6 is 11.3 Å². The van der Waals surface area contributed by atoms with Crippen molar-refractivity contribution in [3.8, 4) is 17.0 Å². The maximum Gasteiger partial charge on any atom is 0.348 e. The van der Waals surface area contributed by atoms with Gasteiger partial charge in [0.05, 0.1) is 12.8 Å². The third-order valence-corrected chi connectivity index (χ3v) is 3.46. The van der Waals surface area contributed by atoms with E-state index in [0.717, 1.165) is 22.6 Å². The molecule has 5 nitrogen and oxygen atoms in total. The van der Waals surface area contributed by atoms with Crippen molar-refractivity contribution in [2.75, 3.05) is 19.5 Å². The summed E-state index contributed by atoms with van der Waals surface area (Å²) in [7, 11) is 3.29. The predicted octanol–water partition coefficient (Wildman–Crippen LogP) is 2.56. The Morgan fingerprint density at radius 1 is 1.39 bits per heavy atom.